The first-order valence-electron chi connectivity index (χ1n) is 7.91. The highest BCUT2D eigenvalue weighted by Gasteiger charge is 2.21. The average molecular weight is 339 g/mol. The minimum absolute atomic E-state index is 0.505. The molecule has 0 radical (unpaired) electrons. The van der Waals surface area contributed by atoms with E-state index in [0.29, 0.717) is 6.04 Å². The van der Waals surface area contributed by atoms with E-state index < -0.39 is 0 Å². The van der Waals surface area contributed by atoms with Gasteiger partial charge in [0.05, 0.1) is 0 Å². The number of rotatable bonds is 6. The summed E-state index contributed by atoms with van der Waals surface area (Å²) >= 11 is 3.52. The summed E-state index contributed by atoms with van der Waals surface area (Å²) in [7, 11) is 0. The first kappa shape index (κ1) is 16.0. The van der Waals surface area contributed by atoms with Gasteiger partial charge in [0.15, 0.2) is 0 Å². The van der Waals surface area contributed by atoms with Gasteiger partial charge in [-0.25, -0.2) is 0 Å². The van der Waals surface area contributed by atoms with Gasteiger partial charge in [0.25, 0.3) is 0 Å². The van der Waals surface area contributed by atoms with E-state index in [4.69, 9.17) is 0 Å². The fourth-order valence-electron chi connectivity index (χ4n) is 3.09. The molecule has 1 aromatic rings. The molecule has 3 heteroatoms. The van der Waals surface area contributed by atoms with Crippen LogP contribution in [0.15, 0.2) is 28.7 Å². The molecule has 1 aliphatic rings. The molecule has 1 saturated heterocycles. The second-order valence-electron chi connectivity index (χ2n) is 5.93. The molecule has 1 fully saturated rings. The number of hydrogen-bond acceptors (Lipinski definition) is 2. The topological polar surface area (TPSA) is 15.3 Å². The molecule has 1 N–H and O–H groups in total. The maximum atomic E-state index is 3.54. The monoisotopic (exact) mass is 338 g/mol. The van der Waals surface area contributed by atoms with Crippen molar-refractivity contribution in [3.8, 4) is 0 Å². The van der Waals surface area contributed by atoms with E-state index in [-0.39, 0.29) is 0 Å². The molecule has 2 atom stereocenters. The van der Waals surface area contributed by atoms with E-state index in [0.717, 1.165) is 10.4 Å². The Hall–Kier alpha value is -0.380. The molecule has 2 nitrogen and oxygen atoms in total. The van der Waals surface area contributed by atoms with Gasteiger partial charge in [0, 0.05) is 17.1 Å². The summed E-state index contributed by atoms with van der Waals surface area (Å²) in [6.45, 7) is 9.42. The number of nitrogens with zero attached hydrogens (tertiary/aromatic N) is 1. The van der Waals surface area contributed by atoms with Crippen molar-refractivity contribution in [3.05, 3.63) is 34.3 Å². The van der Waals surface area contributed by atoms with Crippen LogP contribution < -0.4 is 5.32 Å². The Morgan fingerprint density at radius 2 is 2.10 bits per heavy atom. The third-order valence-electron chi connectivity index (χ3n) is 4.30. The van der Waals surface area contributed by atoms with Gasteiger partial charge in [-0.1, -0.05) is 35.0 Å². The Morgan fingerprint density at radius 1 is 1.35 bits per heavy atom. The molecule has 0 aromatic heterocycles. The Morgan fingerprint density at radius 3 is 2.70 bits per heavy atom. The lowest BCUT2D eigenvalue weighted by Crippen LogP contribution is -2.39. The van der Waals surface area contributed by atoms with Crippen molar-refractivity contribution in [1.29, 1.82) is 0 Å². The van der Waals surface area contributed by atoms with Crippen molar-refractivity contribution in [2.75, 3.05) is 26.2 Å². The molecule has 1 heterocycles. The molecule has 20 heavy (non-hydrogen) atoms. The van der Waals surface area contributed by atoms with Crippen LogP contribution in [0.1, 0.15) is 44.7 Å². The molecule has 112 valence electrons. The second kappa shape index (κ2) is 8.16. The maximum absolute atomic E-state index is 3.54. The van der Waals surface area contributed by atoms with E-state index in [1.54, 1.807) is 0 Å². The van der Waals surface area contributed by atoms with Crippen LogP contribution in [0.4, 0.5) is 0 Å². The van der Waals surface area contributed by atoms with Crippen molar-refractivity contribution in [2.45, 2.75) is 39.2 Å². The first-order valence-corrected chi connectivity index (χ1v) is 8.70. The maximum Gasteiger partial charge on any atom is 0.0320 e. The molecular formula is C17H27BrN2. The molecule has 2 unspecified atom stereocenters. The standard InChI is InChI=1S/C17H27BrN2/c1-3-11-20(13-15-5-4-10-19-12-15)14(2)16-6-8-17(18)9-7-16/h6-9,14-15,19H,3-5,10-13H2,1-2H3. The number of nitrogens with one attached hydrogen (secondary N) is 1. The van der Waals surface area contributed by atoms with Gasteiger partial charge in [-0.2, -0.15) is 0 Å². The van der Waals surface area contributed by atoms with Gasteiger partial charge < -0.3 is 5.32 Å². The van der Waals surface area contributed by atoms with Crippen LogP contribution in [0.5, 0.6) is 0 Å². The number of benzene rings is 1. The summed E-state index contributed by atoms with van der Waals surface area (Å²) in [6, 6.07) is 9.30. The molecular weight excluding hydrogens is 312 g/mol. The van der Waals surface area contributed by atoms with Gasteiger partial charge in [-0.15, -0.1) is 0 Å². The lowest BCUT2D eigenvalue weighted by atomic mass is 9.97. The second-order valence-corrected chi connectivity index (χ2v) is 6.85. The third-order valence-corrected chi connectivity index (χ3v) is 4.83. The van der Waals surface area contributed by atoms with Crippen molar-refractivity contribution in [2.24, 2.45) is 5.92 Å². The predicted molar refractivity (Wildman–Crippen MR) is 90.0 cm³/mol. The predicted octanol–water partition coefficient (Wildman–Crippen LogP) is 4.22. The normalized spacial score (nSPS) is 21.1. The van der Waals surface area contributed by atoms with E-state index in [1.165, 1.54) is 51.0 Å². The smallest absolute Gasteiger partial charge is 0.0320 e. The zero-order valence-corrected chi connectivity index (χ0v) is 14.3. The average Bonchev–Trinajstić information content (AvgIpc) is 2.48. The highest BCUT2D eigenvalue weighted by Crippen LogP contribution is 2.24. The summed E-state index contributed by atoms with van der Waals surface area (Å²) in [5.74, 6) is 0.813. The lowest BCUT2D eigenvalue weighted by Gasteiger charge is -2.34. The van der Waals surface area contributed by atoms with Crippen LogP contribution in [0.3, 0.4) is 0 Å². The van der Waals surface area contributed by atoms with Gasteiger partial charge in [0.2, 0.25) is 0 Å². The molecule has 0 spiro atoms. The fourth-order valence-corrected chi connectivity index (χ4v) is 3.36. The van der Waals surface area contributed by atoms with Gasteiger partial charge in [-0.05, 0) is 69.4 Å². The molecule has 2 rings (SSSR count). The minimum Gasteiger partial charge on any atom is -0.316 e. The Bertz CT molecular complexity index is 384. The number of hydrogen-bond donors (Lipinski definition) is 1. The van der Waals surface area contributed by atoms with Gasteiger partial charge in [-0.3, -0.25) is 4.90 Å². The van der Waals surface area contributed by atoms with Crippen LogP contribution in [-0.2, 0) is 0 Å². The molecule has 0 saturated carbocycles. The van der Waals surface area contributed by atoms with Gasteiger partial charge in [0.1, 0.15) is 0 Å². The quantitative estimate of drug-likeness (QED) is 0.835. The summed E-state index contributed by atoms with van der Waals surface area (Å²) in [6.07, 6.45) is 3.93. The molecule has 1 aliphatic heterocycles. The van der Waals surface area contributed by atoms with Crippen molar-refractivity contribution < 1.29 is 0 Å². The third kappa shape index (κ3) is 4.57. The Balaban J connectivity index is 2.00. The highest BCUT2D eigenvalue weighted by atomic mass is 79.9. The van der Waals surface area contributed by atoms with Crippen molar-refractivity contribution in [3.63, 3.8) is 0 Å². The molecule has 0 amide bonds. The molecule has 0 aliphatic carbocycles. The van der Waals surface area contributed by atoms with Crippen LogP contribution >= 0.6 is 15.9 Å². The largest absolute Gasteiger partial charge is 0.316 e. The van der Waals surface area contributed by atoms with E-state index in [9.17, 15) is 0 Å². The van der Waals surface area contributed by atoms with E-state index in [1.807, 2.05) is 0 Å². The summed E-state index contributed by atoms with van der Waals surface area (Å²) < 4.78 is 1.16. The SMILES string of the molecule is CCCN(CC1CCCNC1)C(C)c1ccc(Br)cc1. The summed E-state index contributed by atoms with van der Waals surface area (Å²) in [5.41, 5.74) is 1.42. The Labute approximate surface area is 132 Å². The fraction of sp³-hybridized carbons (Fsp3) is 0.647. The van der Waals surface area contributed by atoms with Crippen LogP contribution in [0, 0.1) is 5.92 Å². The Kier molecular flexibility index (Phi) is 6.53. The first-order chi connectivity index (χ1) is 9.70. The molecule has 0 bridgehead atoms. The highest BCUT2D eigenvalue weighted by molar-refractivity contribution is 9.10. The van der Waals surface area contributed by atoms with Crippen molar-refractivity contribution >= 4 is 15.9 Å². The number of piperidine rings is 1. The number of halogens is 1. The lowest BCUT2D eigenvalue weighted by molar-refractivity contribution is 0.163. The van der Waals surface area contributed by atoms with Crippen LogP contribution in [0.25, 0.3) is 0 Å². The van der Waals surface area contributed by atoms with Gasteiger partial charge >= 0.3 is 0 Å². The van der Waals surface area contributed by atoms with Crippen molar-refractivity contribution in [1.82, 2.24) is 10.2 Å². The molecule has 1 aromatic carbocycles. The summed E-state index contributed by atoms with van der Waals surface area (Å²) in [4.78, 5) is 2.65. The summed E-state index contributed by atoms with van der Waals surface area (Å²) in [5, 5.41) is 3.54. The van der Waals surface area contributed by atoms with E-state index in [2.05, 4.69) is 64.3 Å². The van der Waals surface area contributed by atoms with E-state index >= 15 is 0 Å². The minimum atomic E-state index is 0.505. The zero-order valence-electron chi connectivity index (χ0n) is 12.7. The van der Waals surface area contributed by atoms with Crippen LogP contribution in [0.2, 0.25) is 0 Å². The zero-order chi connectivity index (χ0) is 14.4. The van der Waals surface area contributed by atoms with Crippen LogP contribution in [-0.4, -0.2) is 31.1 Å².